The van der Waals surface area contributed by atoms with E-state index in [-0.39, 0.29) is 6.03 Å². The highest BCUT2D eigenvalue weighted by Gasteiger charge is 2.28. The van der Waals surface area contributed by atoms with Gasteiger partial charge in [0.05, 0.1) is 23.4 Å². The number of rotatable bonds is 8. The number of nitrogens with one attached hydrogen (secondary N) is 2. The molecule has 0 atom stereocenters. The van der Waals surface area contributed by atoms with Crippen LogP contribution in [-0.2, 0) is 0 Å². The first-order chi connectivity index (χ1) is 15.7. The van der Waals surface area contributed by atoms with Crippen LogP contribution in [0.2, 0.25) is 0 Å². The topological polar surface area (TPSA) is 79.1 Å². The van der Waals surface area contributed by atoms with Crippen molar-refractivity contribution >= 4 is 22.6 Å². The van der Waals surface area contributed by atoms with Gasteiger partial charge >= 0.3 is 6.03 Å². The summed E-state index contributed by atoms with van der Waals surface area (Å²) in [5.41, 5.74) is 4.39. The van der Waals surface area contributed by atoms with E-state index in [0.717, 1.165) is 59.3 Å². The van der Waals surface area contributed by atoms with E-state index in [1.807, 2.05) is 43.3 Å². The number of amides is 2. The van der Waals surface area contributed by atoms with Crippen LogP contribution in [0.3, 0.4) is 0 Å². The predicted octanol–water partition coefficient (Wildman–Crippen LogP) is 6.23. The lowest BCUT2D eigenvalue weighted by Gasteiger charge is -2.30. The van der Waals surface area contributed by atoms with Crippen LogP contribution in [0.4, 0.5) is 10.5 Å². The molecule has 6 heteroatoms. The number of hydrogen-bond acceptors (Lipinski definition) is 3. The fourth-order valence-corrected chi connectivity index (χ4v) is 4.24. The molecule has 2 N–H and O–H groups in total. The van der Waals surface area contributed by atoms with Gasteiger partial charge in [-0.2, -0.15) is 5.26 Å². The molecule has 1 heterocycles. The van der Waals surface area contributed by atoms with Gasteiger partial charge in [0.1, 0.15) is 11.8 Å². The predicted molar refractivity (Wildman–Crippen MR) is 128 cm³/mol. The molecular weight excluding hydrogens is 400 g/mol. The monoisotopic (exact) mass is 430 g/mol. The van der Waals surface area contributed by atoms with Gasteiger partial charge in [0, 0.05) is 23.7 Å². The van der Waals surface area contributed by atoms with Gasteiger partial charge < -0.3 is 19.9 Å². The smallest absolute Gasteiger partial charge is 0.319 e. The number of nitrogens with zero attached hydrogens (tertiary/aromatic N) is 2. The van der Waals surface area contributed by atoms with Crippen molar-refractivity contribution < 1.29 is 9.53 Å². The van der Waals surface area contributed by atoms with Crippen molar-refractivity contribution in [1.82, 2.24) is 9.88 Å². The minimum Gasteiger partial charge on any atom is -0.494 e. The summed E-state index contributed by atoms with van der Waals surface area (Å²) >= 11 is 0. The van der Waals surface area contributed by atoms with E-state index >= 15 is 0 Å². The van der Waals surface area contributed by atoms with Crippen molar-refractivity contribution in [2.24, 2.45) is 0 Å². The summed E-state index contributed by atoms with van der Waals surface area (Å²) in [6.07, 6.45) is 5.44. The third kappa shape index (κ3) is 4.29. The molecule has 1 aliphatic carbocycles. The third-order valence-electron chi connectivity index (χ3n) is 6.07. The Hall–Kier alpha value is -3.46. The Kier molecular flexibility index (Phi) is 6.65. The van der Waals surface area contributed by atoms with Gasteiger partial charge in [0.2, 0.25) is 0 Å². The minimum atomic E-state index is -0.198. The number of carbonyl (C=O) groups excluding carboxylic acids is 1. The number of benzene rings is 2. The Labute approximate surface area is 189 Å². The van der Waals surface area contributed by atoms with E-state index in [9.17, 15) is 10.1 Å². The van der Waals surface area contributed by atoms with Crippen LogP contribution in [0.15, 0.2) is 42.5 Å². The molecule has 32 heavy (non-hydrogen) atoms. The molecule has 1 aliphatic rings. The number of unbranched alkanes of at least 4 members (excludes halogenated alkanes) is 1. The Morgan fingerprint density at radius 1 is 1.19 bits per heavy atom. The molecule has 0 bridgehead atoms. The molecular formula is C26H30N4O2. The maximum Gasteiger partial charge on any atom is 0.319 e. The molecule has 4 rings (SSSR count). The molecule has 166 valence electrons. The number of ether oxygens (including phenoxy) is 1. The number of fused-ring (bicyclic) bond motifs is 1. The van der Waals surface area contributed by atoms with E-state index in [0.29, 0.717) is 24.8 Å². The summed E-state index contributed by atoms with van der Waals surface area (Å²) < 4.78 is 8.02. The summed E-state index contributed by atoms with van der Waals surface area (Å²) in [5, 5.41) is 16.8. The van der Waals surface area contributed by atoms with Crippen molar-refractivity contribution in [3.63, 3.8) is 0 Å². The van der Waals surface area contributed by atoms with Crippen LogP contribution < -0.4 is 15.4 Å². The second-order valence-electron chi connectivity index (χ2n) is 8.21. The van der Waals surface area contributed by atoms with Crippen molar-refractivity contribution in [3.8, 4) is 23.1 Å². The van der Waals surface area contributed by atoms with Gasteiger partial charge in [-0.1, -0.05) is 25.5 Å². The maximum absolute atomic E-state index is 12.1. The quantitative estimate of drug-likeness (QED) is 0.416. The lowest BCUT2D eigenvalue weighted by Crippen LogP contribution is -2.29. The van der Waals surface area contributed by atoms with Crippen LogP contribution in [0.5, 0.6) is 5.75 Å². The zero-order valence-corrected chi connectivity index (χ0v) is 18.8. The second kappa shape index (κ2) is 9.78. The van der Waals surface area contributed by atoms with Crippen LogP contribution in [0.1, 0.15) is 57.6 Å². The highest BCUT2D eigenvalue weighted by Crippen LogP contribution is 2.43. The van der Waals surface area contributed by atoms with Gasteiger partial charge in [-0.05, 0) is 68.5 Å². The van der Waals surface area contributed by atoms with Gasteiger partial charge in [0.15, 0.2) is 0 Å². The van der Waals surface area contributed by atoms with Gasteiger partial charge in [-0.3, -0.25) is 0 Å². The normalized spacial score (nSPS) is 13.4. The van der Waals surface area contributed by atoms with Crippen molar-refractivity contribution in [2.75, 3.05) is 18.5 Å². The zero-order valence-electron chi connectivity index (χ0n) is 18.8. The molecule has 2 aromatic carbocycles. The summed E-state index contributed by atoms with van der Waals surface area (Å²) in [6, 6.07) is 16.4. The van der Waals surface area contributed by atoms with Crippen LogP contribution in [-0.4, -0.2) is 23.7 Å². The number of nitriles is 1. The fourth-order valence-electron chi connectivity index (χ4n) is 4.24. The Morgan fingerprint density at radius 3 is 2.59 bits per heavy atom. The highest BCUT2D eigenvalue weighted by molar-refractivity contribution is 5.96. The Morgan fingerprint density at radius 2 is 1.97 bits per heavy atom. The summed E-state index contributed by atoms with van der Waals surface area (Å²) in [6.45, 7) is 5.30. The number of urea groups is 1. The van der Waals surface area contributed by atoms with Gasteiger partial charge in [-0.25, -0.2) is 4.79 Å². The molecule has 0 aliphatic heterocycles. The molecule has 1 aromatic heterocycles. The number of carbonyl (C=O) groups is 1. The van der Waals surface area contributed by atoms with E-state index in [1.165, 1.54) is 6.42 Å². The minimum absolute atomic E-state index is 0.198. The van der Waals surface area contributed by atoms with E-state index in [2.05, 4.69) is 34.3 Å². The van der Waals surface area contributed by atoms with E-state index < -0.39 is 0 Å². The average Bonchev–Trinajstić information content (AvgIpc) is 3.07. The standard InChI is InChI=1S/C26H30N4O2/c1-3-5-15-28-26(31)29-19-11-9-18(10-12-19)25-23(17-27)22-16-21(32-4-2)13-14-24(22)30(25)20-7-6-8-20/h9-14,16,20H,3-8,15H2,1-2H3,(H2,28,29,31). The number of hydrogen-bond donors (Lipinski definition) is 2. The Bertz CT molecular complexity index is 1140. The first-order valence-electron chi connectivity index (χ1n) is 11.5. The molecule has 1 saturated carbocycles. The van der Waals surface area contributed by atoms with Crippen LogP contribution >= 0.6 is 0 Å². The number of anilines is 1. The van der Waals surface area contributed by atoms with Gasteiger partial charge in [-0.15, -0.1) is 0 Å². The first-order valence-corrected chi connectivity index (χ1v) is 11.5. The molecule has 0 saturated heterocycles. The Balaban J connectivity index is 1.70. The highest BCUT2D eigenvalue weighted by atomic mass is 16.5. The van der Waals surface area contributed by atoms with Crippen LogP contribution in [0.25, 0.3) is 22.2 Å². The molecule has 0 spiro atoms. The first kappa shape index (κ1) is 21.8. The summed E-state index contributed by atoms with van der Waals surface area (Å²) in [7, 11) is 0. The lowest BCUT2D eigenvalue weighted by molar-refractivity contribution is 0.252. The van der Waals surface area contributed by atoms with Gasteiger partial charge in [0.25, 0.3) is 0 Å². The molecule has 0 radical (unpaired) electrons. The average molecular weight is 431 g/mol. The van der Waals surface area contributed by atoms with Crippen molar-refractivity contribution in [2.45, 2.75) is 52.0 Å². The van der Waals surface area contributed by atoms with Crippen molar-refractivity contribution in [3.05, 3.63) is 48.0 Å². The van der Waals surface area contributed by atoms with Crippen LogP contribution in [0, 0.1) is 11.3 Å². The summed E-state index contributed by atoms with van der Waals surface area (Å²) in [5.74, 6) is 0.780. The summed E-state index contributed by atoms with van der Waals surface area (Å²) in [4.78, 5) is 12.1. The fraction of sp³-hybridized carbons (Fsp3) is 0.385. The molecule has 2 amide bonds. The molecule has 6 nitrogen and oxygen atoms in total. The largest absolute Gasteiger partial charge is 0.494 e. The zero-order chi connectivity index (χ0) is 22.5. The molecule has 3 aromatic rings. The maximum atomic E-state index is 12.1. The van der Waals surface area contributed by atoms with Crippen molar-refractivity contribution in [1.29, 1.82) is 5.26 Å². The lowest BCUT2D eigenvalue weighted by atomic mass is 9.92. The second-order valence-corrected chi connectivity index (χ2v) is 8.21. The van der Waals surface area contributed by atoms with E-state index in [1.54, 1.807) is 0 Å². The van der Waals surface area contributed by atoms with E-state index in [4.69, 9.17) is 4.74 Å². The SMILES string of the molecule is CCCCNC(=O)Nc1ccc(-c2c(C#N)c3cc(OCC)ccc3n2C2CCC2)cc1. The molecule has 0 unspecified atom stereocenters. The number of aromatic nitrogens is 1. The third-order valence-corrected chi connectivity index (χ3v) is 6.07. The molecule has 1 fully saturated rings.